The molecule has 2 aromatic carbocycles. The molecule has 0 radical (unpaired) electrons. The number of imidazole rings is 1. The van der Waals surface area contributed by atoms with Gasteiger partial charge < -0.3 is 5.11 Å². The molecular formula is C24H23BrCl2N4O4S. The van der Waals surface area contributed by atoms with Crippen LogP contribution in [0.4, 0.5) is 11.6 Å². The standard InChI is InChI=1S/C24H23BrCl2N4O4S/c1-24(12-15-4-6-16(25)7-5-15)22(33)30(19-10-17(26)9-18(27)11-19)23-28-13-21(31(23)24)36(34,35)29-8-2-3-20(32)14-29/h4-7,9-11,13,20,32H,2-3,8,12,14H2,1H3. The van der Waals surface area contributed by atoms with Crippen molar-refractivity contribution < 1.29 is 18.3 Å². The van der Waals surface area contributed by atoms with Crippen LogP contribution in [0.2, 0.25) is 10.0 Å². The third-order valence-corrected chi connectivity index (χ3v) is 9.39. The van der Waals surface area contributed by atoms with Crippen LogP contribution >= 0.6 is 39.1 Å². The molecule has 190 valence electrons. The number of rotatable bonds is 5. The van der Waals surface area contributed by atoms with Gasteiger partial charge in [0.1, 0.15) is 5.54 Å². The van der Waals surface area contributed by atoms with Crippen molar-refractivity contribution >= 4 is 66.7 Å². The number of β-amino-alcohol motifs (C(OH)–C–C–N with tert-alkyl or cyclic N) is 1. The SMILES string of the molecule is CC1(Cc2ccc(Br)cc2)C(=O)N(c2cc(Cl)cc(Cl)c2)c2ncc(S(=O)(=O)N3CCCC(O)C3)n21. The van der Waals surface area contributed by atoms with Gasteiger partial charge in [-0.3, -0.25) is 9.36 Å². The van der Waals surface area contributed by atoms with Crippen molar-refractivity contribution in [2.45, 2.75) is 42.9 Å². The second-order valence-electron chi connectivity index (χ2n) is 9.24. The molecule has 2 unspecified atom stereocenters. The van der Waals surface area contributed by atoms with E-state index in [9.17, 15) is 18.3 Å². The van der Waals surface area contributed by atoms with Gasteiger partial charge in [0.2, 0.25) is 5.95 Å². The van der Waals surface area contributed by atoms with E-state index in [1.807, 2.05) is 24.3 Å². The van der Waals surface area contributed by atoms with E-state index in [2.05, 4.69) is 20.9 Å². The number of carbonyl (C=O) groups is 1. The molecule has 1 amide bonds. The Labute approximate surface area is 227 Å². The molecule has 1 fully saturated rings. The fourth-order valence-electron chi connectivity index (χ4n) is 4.88. The molecule has 5 rings (SSSR count). The first-order valence-electron chi connectivity index (χ1n) is 11.3. The van der Waals surface area contributed by atoms with Gasteiger partial charge in [-0.25, -0.2) is 18.3 Å². The van der Waals surface area contributed by atoms with E-state index in [4.69, 9.17) is 23.2 Å². The highest BCUT2D eigenvalue weighted by Crippen LogP contribution is 2.45. The van der Waals surface area contributed by atoms with Crippen LogP contribution in [0.15, 0.2) is 58.2 Å². The zero-order valence-corrected chi connectivity index (χ0v) is 23.1. The highest BCUT2D eigenvalue weighted by atomic mass is 79.9. The molecule has 0 saturated carbocycles. The Hall–Kier alpha value is -1.95. The molecule has 1 aromatic heterocycles. The third-order valence-electron chi connectivity index (χ3n) is 6.60. The van der Waals surface area contributed by atoms with Crippen molar-refractivity contribution in [3.8, 4) is 0 Å². The minimum Gasteiger partial charge on any atom is -0.392 e. The fourth-order valence-corrected chi connectivity index (χ4v) is 7.37. The molecule has 36 heavy (non-hydrogen) atoms. The number of hydrogen-bond donors (Lipinski definition) is 1. The van der Waals surface area contributed by atoms with Crippen molar-refractivity contribution in [1.29, 1.82) is 0 Å². The number of anilines is 2. The first-order chi connectivity index (χ1) is 17.0. The molecule has 1 N–H and O–H groups in total. The van der Waals surface area contributed by atoms with Crippen LogP contribution in [0.1, 0.15) is 25.3 Å². The predicted octanol–water partition coefficient (Wildman–Crippen LogP) is 4.73. The average molecular weight is 614 g/mol. The summed E-state index contributed by atoms with van der Waals surface area (Å²) in [6, 6.07) is 12.2. The number of carbonyl (C=O) groups excluding carboxylic acids is 1. The van der Waals surface area contributed by atoms with Crippen LogP contribution in [0.25, 0.3) is 0 Å². The summed E-state index contributed by atoms with van der Waals surface area (Å²) in [6.07, 6.45) is 1.84. The van der Waals surface area contributed by atoms with E-state index in [0.717, 1.165) is 10.0 Å². The lowest BCUT2D eigenvalue weighted by atomic mass is 9.92. The fraction of sp³-hybridized carbons (Fsp3) is 0.333. The van der Waals surface area contributed by atoms with Crippen LogP contribution in [-0.4, -0.2) is 52.5 Å². The Morgan fingerprint density at radius 1 is 1.17 bits per heavy atom. The lowest BCUT2D eigenvalue weighted by Crippen LogP contribution is -2.45. The Balaban J connectivity index is 1.68. The van der Waals surface area contributed by atoms with Gasteiger partial charge in [0.15, 0.2) is 5.03 Å². The molecule has 2 aliphatic heterocycles. The maximum atomic E-state index is 14.1. The Morgan fingerprint density at radius 2 is 1.83 bits per heavy atom. The van der Waals surface area contributed by atoms with E-state index in [0.29, 0.717) is 28.6 Å². The summed E-state index contributed by atoms with van der Waals surface area (Å²) in [5, 5.41) is 10.7. The Kier molecular flexibility index (Phi) is 6.72. The maximum Gasteiger partial charge on any atom is 0.260 e. The van der Waals surface area contributed by atoms with Gasteiger partial charge in [-0.05, 0) is 55.7 Å². The Morgan fingerprint density at radius 3 is 2.47 bits per heavy atom. The number of piperidine rings is 1. The Bertz CT molecular complexity index is 1430. The predicted molar refractivity (Wildman–Crippen MR) is 141 cm³/mol. The quantitative estimate of drug-likeness (QED) is 0.449. The first-order valence-corrected chi connectivity index (χ1v) is 14.3. The van der Waals surface area contributed by atoms with E-state index in [1.165, 1.54) is 20.0 Å². The maximum absolute atomic E-state index is 14.1. The van der Waals surface area contributed by atoms with Gasteiger partial charge in [0.25, 0.3) is 15.9 Å². The van der Waals surface area contributed by atoms with E-state index < -0.39 is 21.7 Å². The number of aliphatic hydroxyl groups excluding tert-OH is 1. The monoisotopic (exact) mass is 612 g/mol. The average Bonchev–Trinajstić information content (AvgIpc) is 3.34. The van der Waals surface area contributed by atoms with Crippen LogP contribution in [0.5, 0.6) is 0 Å². The second-order valence-corrected chi connectivity index (χ2v) is 12.9. The minimum absolute atomic E-state index is 0.00612. The molecule has 2 atom stereocenters. The highest BCUT2D eigenvalue weighted by Gasteiger charge is 2.52. The summed E-state index contributed by atoms with van der Waals surface area (Å²) in [7, 11) is -4.06. The number of hydrogen-bond acceptors (Lipinski definition) is 5. The van der Waals surface area contributed by atoms with Crippen molar-refractivity contribution in [2.75, 3.05) is 18.0 Å². The zero-order valence-electron chi connectivity index (χ0n) is 19.2. The van der Waals surface area contributed by atoms with Gasteiger partial charge in [-0.15, -0.1) is 0 Å². The second kappa shape index (κ2) is 9.41. The molecule has 0 spiro atoms. The minimum atomic E-state index is -4.06. The normalized spacial score (nSPS) is 22.8. The number of aliphatic hydroxyl groups is 1. The smallest absolute Gasteiger partial charge is 0.260 e. The molecule has 0 bridgehead atoms. The van der Waals surface area contributed by atoms with Crippen molar-refractivity contribution in [1.82, 2.24) is 13.9 Å². The van der Waals surface area contributed by atoms with E-state index >= 15 is 0 Å². The number of nitrogens with zero attached hydrogens (tertiary/aromatic N) is 4. The summed E-state index contributed by atoms with van der Waals surface area (Å²) < 4.78 is 31.2. The molecule has 8 nitrogen and oxygen atoms in total. The summed E-state index contributed by atoms with van der Waals surface area (Å²) in [4.78, 5) is 19.8. The van der Waals surface area contributed by atoms with Crippen LogP contribution in [-0.2, 0) is 26.8 Å². The summed E-state index contributed by atoms with van der Waals surface area (Å²) in [5.41, 5.74) is -0.0803. The van der Waals surface area contributed by atoms with Crippen molar-refractivity contribution in [2.24, 2.45) is 0 Å². The van der Waals surface area contributed by atoms with E-state index in [-0.39, 0.29) is 36.4 Å². The number of benzene rings is 2. The number of fused-ring (bicyclic) bond motifs is 1. The number of amides is 1. The lowest BCUT2D eigenvalue weighted by Gasteiger charge is -2.31. The largest absolute Gasteiger partial charge is 0.392 e. The third kappa shape index (κ3) is 4.37. The van der Waals surface area contributed by atoms with Gasteiger partial charge >= 0.3 is 0 Å². The molecular weight excluding hydrogens is 591 g/mol. The number of halogens is 3. The zero-order chi connectivity index (χ0) is 25.8. The molecule has 3 aromatic rings. The van der Waals surface area contributed by atoms with Gasteiger partial charge in [-0.2, -0.15) is 4.31 Å². The summed E-state index contributed by atoms with van der Waals surface area (Å²) in [5.74, 6) is -0.198. The molecule has 3 heterocycles. The van der Waals surface area contributed by atoms with Crippen LogP contribution in [0, 0.1) is 0 Å². The molecule has 0 aliphatic carbocycles. The van der Waals surface area contributed by atoms with Crippen LogP contribution in [0.3, 0.4) is 0 Å². The number of aromatic nitrogens is 2. The highest BCUT2D eigenvalue weighted by molar-refractivity contribution is 9.10. The van der Waals surface area contributed by atoms with Gasteiger partial charge in [0, 0.05) is 34.0 Å². The molecule has 12 heteroatoms. The summed E-state index contributed by atoms with van der Waals surface area (Å²) >= 11 is 15.9. The van der Waals surface area contributed by atoms with Crippen LogP contribution < -0.4 is 4.90 Å². The lowest BCUT2D eigenvalue weighted by molar-refractivity contribution is -0.124. The molecule has 2 aliphatic rings. The van der Waals surface area contributed by atoms with Crippen molar-refractivity contribution in [3.63, 3.8) is 0 Å². The topological polar surface area (TPSA) is 95.7 Å². The van der Waals surface area contributed by atoms with E-state index in [1.54, 1.807) is 25.1 Å². The summed E-state index contributed by atoms with van der Waals surface area (Å²) in [6.45, 7) is 1.98. The van der Waals surface area contributed by atoms with Gasteiger partial charge in [-0.1, -0.05) is 51.3 Å². The number of sulfonamides is 1. The first kappa shape index (κ1) is 25.7. The molecule has 1 saturated heterocycles. The van der Waals surface area contributed by atoms with Gasteiger partial charge in [0.05, 0.1) is 18.0 Å². The van der Waals surface area contributed by atoms with Crippen molar-refractivity contribution in [3.05, 3.63) is 68.7 Å².